The van der Waals surface area contributed by atoms with Crippen molar-refractivity contribution in [1.29, 1.82) is 0 Å². The van der Waals surface area contributed by atoms with E-state index in [9.17, 15) is 4.79 Å². The smallest absolute Gasteiger partial charge is 0.144 e. The molecule has 2 heterocycles. The summed E-state index contributed by atoms with van der Waals surface area (Å²) >= 11 is 1.76. The number of hydrogen-bond acceptors (Lipinski definition) is 8. The molecule has 246 valence electrons. The third-order valence-corrected chi connectivity index (χ3v) is 10.3. The lowest BCUT2D eigenvalue weighted by Gasteiger charge is -2.46. The summed E-state index contributed by atoms with van der Waals surface area (Å²) in [6, 6.07) is 22.4. The van der Waals surface area contributed by atoms with E-state index in [4.69, 9.17) is 14.2 Å². The SMILES string of the molecule is COc1cc(CCN2CCN(CCCCOc3ccccc3C3(C)Sc4ccccc4N(C)C3C=O)CC2)cc(OC)c1.Cl.Cl. The first-order chi connectivity index (χ1) is 20.9. The molecule has 1 saturated heterocycles. The Hall–Kier alpha value is -2.62. The second kappa shape index (κ2) is 17.3. The van der Waals surface area contributed by atoms with Gasteiger partial charge in [-0.2, -0.15) is 0 Å². The minimum atomic E-state index is -0.459. The maximum Gasteiger partial charge on any atom is 0.144 e. The Balaban J connectivity index is 0.00000276. The predicted octanol–water partition coefficient (Wildman–Crippen LogP) is 6.59. The van der Waals surface area contributed by atoms with Gasteiger partial charge in [-0.15, -0.1) is 36.6 Å². The van der Waals surface area contributed by atoms with Gasteiger partial charge in [-0.3, -0.25) is 0 Å². The van der Waals surface area contributed by atoms with E-state index >= 15 is 0 Å². The van der Waals surface area contributed by atoms with Crippen LogP contribution in [0.4, 0.5) is 5.69 Å². The number of rotatable bonds is 13. The highest BCUT2D eigenvalue weighted by molar-refractivity contribution is 8.00. The second-order valence-corrected chi connectivity index (χ2v) is 13.1. The molecule has 0 radical (unpaired) electrons. The van der Waals surface area contributed by atoms with Gasteiger partial charge in [-0.1, -0.05) is 30.3 Å². The molecular weight excluding hydrogens is 629 g/mol. The molecular formula is C35H47Cl2N3O4S. The van der Waals surface area contributed by atoms with Crippen LogP contribution in [0.25, 0.3) is 0 Å². The molecule has 7 nitrogen and oxygen atoms in total. The largest absolute Gasteiger partial charge is 0.497 e. The lowest BCUT2D eigenvalue weighted by Crippen LogP contribution is -2.49. The zero-order valence-electron chi connectivity index (χ0n) is 26.8. The Morgan fingerprint density at radius 3 is 2.16 bits per heavy atom. The summed E-state index contributed by atoms with van der Waals surface area (Å²) in [6.45, 7) is 9.35. The van der Waals surface area contributed by atoms with E-state index in [0.29, 0.717) is 6.61 Å². The number of anilines is 1. The van der Waals surface area contributed by atoms with Gasteiger partial charge in [0.05, 0.1) is 31.3 Å². The fourth-order valence-electron chi connectivity index (χ4n) is 6.24. The number of ether oxygens (including phenoxy) is 3. The standard InChI is InChI=1S/C35H45N3O4S.2ClH/c1-35(34(26-39)36(2)31-12-6-8-14-33(31)43-35)30-11-5-7-13-32(30)42-22-10-9-16-37-18-20-38(21-19-37)17-15-27-23-28(40-3)25-29(24-27)41-4;;/h5-8,11-14,23-26,34H,9-10,15-22H2,1-4H3;2*1H. The number of likely N-dealkylation sites (N-methyl/N-ethyl adjacent to an activating group) is 1. The Morgan fingerprint density at radius 2 is 1.49 bits per heavy atom. The highest BCUT2D eigenvalue weighted by Crippen LogP contribution is 2.54. The lowest BCUT2D eigenvalue weighted by molar-refractivity contribution is -0.109. The van der Waals surface area contributed by atoms with Crippen molar-refractivity contribution in [2.24, 2.45) is 0 Å². The number of hydrogen-bond donors (Lipinski definition) is 0. The van der Waals surface area contributed by atoms with Gasteiger partial charge in [0.25, 0.3) is 0 Å². The number of unbranched alkanes of at least 4 members (excludes halogenated alkanes) is 1. The molecule has 0 bridgehead atoms. The van der Waals surface area contributed by atoms with Crippen molar-refractivity contribution in [3.63, 3.8) is 0 Å². The Bertz CT molecular complexity index is 1350. The zero-order valence-corrected chi connectivity index (χ0v) is 29.2. The summed E-state index contributed by atoms with van der Waals surface area (Å²) in [5.74, 6) is 2.56. The van der Waals surface area contributed by atoms with Gasteiger partial charge in [-0.05, 0) is 68.6 Å². The molecule has 2 unspecified atom stereocenters. The molecule has 2 aliphatic rings. The molecule has 45 heavy (non-hydrogen) atoms. The van der Waals surface area contributed by atoms with Crippen LogP contribution in [0.15, 0.2) is 71.6 Å². The molecule has 0 amide bonds. The van der Waals surface area contributed by atoms with Crippen LogP contribution in [0.5, 0.6) is 17.2 Å². The minimum absolute atomic E-state index is 0. The number of fused-ring (bicyclic) bond motifs is 1. The van der Waals surface area contributed by atoms with Crippen LogP contribution in [0, 0.1) is 0 Å². The molecule has 0 N–H and O–H groups in total. The summed E-state index contributed by atoms with van der Waals surface area (Å²) in [5.41, 5.74) is 3.41. The van der Waals surface area contributed by atoms with Gasteiger partial charge in [0.2, 0.25) is 0 Å². The van der Waals surface area contributed by atoms with Crippen molar-refractivity contribution in [3.8, 4) is 17.2 Å². The molecule has 0 aromatic heterocycles. The average molecular weight is 677 g/mol. The summed E-state index contributed by atoms with van der Waals surface area (Å²) in [6.07, 6.45) is 4.16. The molecule has 10 heteroatoms. The van der Waals surface area contributed by atoms with Crippen LogP contribution in [0.1, 0.15) is 30.9 Å². The number of carbonyl (C=O) groups is 1. The quantitative estimate of drug-likeness (QED) is 0.149. The van der Waals surface area contributed by atoms with Gasteiger partial charge >= 0.3 is 0 Å². The van der Waals surface area contributed by atoms with Gasteiger partial charge in [-0.25, -0.2) is 0 Å². The number of aldehydes is 1. The Labute approximate surface area is 285 Å². The number of piperazine rings is 1. The molecule has 5 rings (SSSR count). The summed E-state index contributed by atoms with van der Waals surface area (Å²) in [5, 5.41) is 0. The van der Waals surface area contributed by atoms with E-state index in [1.54, 1.807) is 26.0 Å². The van der Waals surface area contributed by atoms with Gasteiger partial charge in [0.1, 0.15) is 29.6 Å². The van der Waals surface area contributed by atoms with E-state index < -0.39 is 4.75 Å². The third kappa shape index (κ3) is 8.80. The third-order valence-electron chi connectivity index (χ3n) is 8.82. The van der Waals surface area contributed by atoms with Gasteiger partial charge < -0.3 is 33.7 Å². The van der Waals surface area contributed by atoms with E-state index in [1.807, 2.05) is 37.4 Å². The first kappa shape index (κ1) is 36.8. The molecule has 3 aromatic rings. The fourth-order valence-corrected chi connectivity index (χ4v) is 7.77. The normalized spacial score (nSPS) is 19.9. The van der Waals surface area contributed by atoms with Crippen LogP contribution < -0.4 is 19.1 Å². The topological polar surface area (TPSA) is 54.5 Å². The van der Waals surface area contributed by atoms with E-state index in [2.05, 4.69) is 58.0 Å². The summed E-state index contributed by atoms with van der Waals surface area (Å²) < 4.78 is 16.8. The summed E-state index contributed by atoms with van der Waals surface area (Å²) in [4.78, 5) is 20.8. The number of carbonyl (C=O) groups excluding carboxylic acids is 1. The van der Waals surface area contributed by atoms with Crippen molar-refractivity contribution in [2.45, 2.75) is 41.9 Å². The van der Waals surface area contributed by atoms with Crippen molar-refractivity contribution >= 4 is 48.5 Å². The molecule has 2 aliphatic heterocycles. The van der Waals surface area contributed by atoms with E-state index in [1.165, 1.54) is 10.5 Å². The Morgan fingerprint density at radius 1 is 0.867 bits per heavy atom. The van der Waals surface area contributed by atoms with E-state index in [0.717, 1.165) is 93.3 Å². The minimum Gasteiger partial charge on any atom is -0.497 e. The first-order valence-electron chi connectivity index (χ1n) is 15.3. The molecule has 1 fully saturated rings. The number of thioether (sulfide) groups is 1. The maximum atomic E-state index is 12.4. The fraction of sp³-hybridized carbons (Fsp3) is 0.457. The molecule has 2 atom stereocenters. The second-order valence-electron chi connectivity index (χ2n) is 11.6. The van der Waals surface area contributed by atoms with Crippen LogP contribution >= 0.6 is 36.6 Å². The number of halogens is 2. The number of benzene rings is 3. The van der Waals surface area contributed by atoms with Crippen LogP contribution in [-0.4, -0.2) is 89.3 Å². The molecule has 3 aromatic carbocycles. The highest BCUT2D eigenvalue weighted by Gasteiger charge is 2.45. The molecule has 0 saturated carbocycles. The average Bonchev–Trinajstić information content (AvgIpc) is 3.04. The number of nitrogens with zero attached hydrogens (tertiary/aromatic N) is 3. The van der Waals surface area contributed by atoms with Crippen molar-refractivity contribution in [2.75, 3.05) is 72.0 Å². The van der Waals surface area contributed by atoms with Gasteiger partial charge in [0.15, 0.2) is 0 Å². The predicted molar refractivity (Wildman–Crippen MR) is 190 cm³/mol. The van der Waals surface area contributed by atoms with Crippen LogP contribution in [0.3, 0.4) is 0 Å². The monoisotopic (exact) mass is 675 g/mol. The Kier molecular flexibility index (Phi) is 14.2. The lowest BCUT2D eigenvalue weighted by atomic mass is 9.90. The van der Waals surface area contributed by atoms with Crippen molar-refractivity contribution < 1.29 is 19.0 Å². The van der Waals surface area contributed by atoms with Crippen LogP contribution in [0.2, 0.25) is 0 Å². The maximum absolute atomic E-state index is 12.4. The zero-order chi connectivity index (χ0) is 30.2. The van der Waals surface area contributed by atoms with E-state index in [-0.39, 0.29) is 30.9 Å². The van der Waals surface area contributed by atoms with Crippen molar-refractivity contribution in [1.82, 2.24) is 9.80 Å². The first-order valence-corrected chi connectivity index (χ1v) is 16.1. The molecule has 0 spiro atoms. The number of methoxy groups -OCH3 is 2. The highest BCUT2D eigenvalue weighted by atomic mass is 35.5. The van der Waals surface area contributed by atoms with Crippen molar-refractivity contribution in [3.05, 3.63) is 77.9 Å². The number of para-hydroxylation sites is 2. The summed E-state index contributed by atoms with van der Waals surface area (Å²) in [7, 11) is 5.40. The van der Waals surface area contributed by atoms with Gasteiger partial charge in [0, 0.05) is 56.3 Å². The van der Waals surface area contributed by atoms with Crippen LogP contribution in [-0.2, 0) is 16.0 Å². The molecule has 0 aliphatic carbocycles.